The van der Waals surface area contributed by atoms with Crippen molar-refractivity contribution >= 4 is 34.5 Å². The molecule has 2 fully saturated rings. The molecule has 0 aliphatic heterocycles. The maximum absolute atomic E-state index is 13.7. The molecule has 3 N–H and O–H groups in total. The summed E-state index contributed by atoms with van der Waals surface area (Å²) in [4.78, 5) is 34.8. The molecule has 0 bridgehead atoms. The molecular weight excluding hydrogens is 599 g/mol. The van der Waals surface area contributed by atoms with E-state index >= 15 is 0 Å². The van der Waals surface area contributed by atoms with Gasteiger partial charge < -0.3 is 20.4 Å². The Hall–Kier alpha value is -4.28. The molecule has 2 aliphatic rings. The van der Waals surface area contributed by atoms with Crippen molar-refractivity contribution in [2.24, 2.45) is 11.3 Å². The molecule has 242 valence electrons. The highest BCUT2D eigenvalue weighted by atomic mass is 19.4. The molecular formula is C31H35F5N6O3. The van der Waals surface area contributed by atoms with Gasteiger partial charge in [0.05, 0.1) is 28.4 Å². The summed E-state index contributed by atoms with van der Waals surface area (Å²) < 4.78 is 71.0. The average molecular weight is 635 g/mol. The van der Waals surface area contributed by atoms with E-state index in [1.807, 2.05) is 6.07 Å². The van der Waals surface area contributed by atoms with Crippen LogP contribution < -0.4 is 15.4 Å². The second kappa shape index (κ2) is 14.2. The number of imidazole rings is 1. The van der Waals surface area contributed by atoms with Gasteiger partial charge >= 0.3 is 6.18 Å². The van der Waals surface area contributed by atoms with Gasteiger partial charge in [-0.2, -0.15) is 28.4 Å². The molecule has 0 spiro atoms. The SMILES string of the molecule is CC(=O)c1cc2[nH]c(Nc3cc(CNC(=O)C4(C#N)CC4)ccc3C(F)(F)F)nc2nc1OCC(F)F.CCC1CCCCC1. The van der Waals surface area contributed by atoms with Gasteiger partial charge in [0.15, 0.2) is 18.0 Å². The van der Waals surface area contributed by atoms with E-state index in [1.165, 1.54) is 63.6 Å². The Balaban J connectivity index is 0.000000501. The lowest BCUT2D eigenvalue weighted by atomic mass is 9.88. The summed E-state index contributed by atoms with van der Waals surface area (Å²) in [6, 6.07) is 6.41. The Morgan fingerprint density at radius 2 is 1.87 bits per heavy atom. The molecule has 0 radical (unpaired) electrons. The molecule has 0 atom stereocenters. The molecule has 45 heavy (non-hydrogen) atoms. The number of alkyl halides is 5. The molecule has 2 saturated carbocycles. The number of halogens is 5. The van der Waals surface area contributed by atoms with Gasteiger partial charge in [0.2, 0.25) is 17.7 Å². The van der Waals surface area contributed by atoms with E-state index < -0.39 is 41.9 Å². The number of nitriles is 1. The van der Waals surface area contributed by atoms with Gasteiger partial charge in [-0.1, -0.05) is 51.5 Å². The summed E-state index contributed by atoms with van der Waals surface area (Å²) >= 11 is 0. The van der Waals surface area contributed by atoms with Crippen molar-refractivity contribution in [3.8, 4) is 11.9 Å². The predicted molar refractivity (Wildman–Crippen MR) is 156 cm³/mol. The fraction of sp³-hybridized carbons (Fsp3) is 0.516. The Kier molecular flexibility index (Phi) is 10.6. The number of nitrogens with zero attached hydrogens (tertiary/aromatic N) is 3. The second-order valence-corrected chi connectivity index (χ2v) is 11.3. The molecule has 5 rings (SSSR count). The second-order valence-electron chi connectivity index (χ2n) is 11.3. The zero-order valence-corrected chi connectivity index (χ0v) is 25.0. The summed E-state index contributed by atoms with van der Waals surface area (Å²) in [5, 5.41) is 14.2. The fourth-order valence-corrected chi connectivity index (χ4v) is 5.13. The molecule has 3 aromatic rings. The summed E-state index contributed by atoms with van der Waals surface area (Å²) in [5.41, 5.74) is -2.19. The monoisotopic (exact) mass is 634 g/mol. The van der Waals surface area contributed by atoms with Crippen molar-refractivity contribution in [3.63, 3.8) is 0 Å². The van der Waals surface area contributed by atoms with Gasteiger partial charge in [-0.05, 0) is 49.4 Å². The summed E-state index contributed by atoms with van der Waals surface area (Å²) in [6.45, 7) is 2.37. The normalized spacial score (nSPS) is 16.0. The number of anilines is 2. The van der Waals surface area contributed by atoms with E-state index in [-0.39, 0.29) is 40.8 Å². The maximum Gasteiger partial charge on any atom is 0.418 e. The number of pyridine rings is 1. The van der Waals surface area contributed by atoms with Crippen LogP contribution in [0.2, 0.25) is 0 Å². The minimum Gasteiger partial charge on any atom is -0.471 e. The third kappa shape index (κ3) is 8.67. The van der Waals surface area contributed by atoms with Crippen LogP contribution in [0.5, 0.6) is 5.88 Å². The van der Waals surface area contributed by atoms with E-state index in [4.69, 9.17) is 10.00 Å². The van der Waals surface area contributed by atoms with Gasteiger partial charge in [-0.25, -0.2) is 8.78 Å². The van der Waals surface area contributed by atoms with Gasteiger partial charge in [0.1, 0.15) is 5.41 Å². The standard InChI is InChI=1S/C23H19F5N6O3.C8H16/c1-11(35)13-7-16-18(33-19(13)37-9-17(24)25)34-21(32-16)31-15-6-12(2-3-14(15)23(26,27)28)8-30-20(36)22(10-29)4-5-22;1-2-8-6-4-3-5-7-8/h2-3,6-7,17H,4-5,8-9H2,1H3,(H,30,36)(H2,31,32,33,34);8H,2-7H2,1H3. The van der Waals surface area contributed by atoms with Crippen LogP contribution in [0.4, 0.5) is 33.6 Å². The van der Waals surface area contributed by atoms with E-state index in [0.29, 0.717) is 18.4 Å². The topological polar surface area (TPSA) is 133 Å². The van der Waals surface area contributed by atoms with Crippen LogP contribution in [0.3, 0.4) is 0 Å². The van der Waals surface area contributed by atoms with Crippen LogP contribution >= 0.6 is 0 Å². The smallest absolute Gasteiger partial charge is 0.418 e. The Labute approximate surface area is 257 Å². The van der Waals surface area contributed by atoms with Gasteiger partial charge in [-0.3, -0.25) is 9.59 Å². The number of aromatic amines is 1. The van der Waals surface area contributed by atoms with E-state index in [9.17, 15) is 31.5 Å². The van der Waals surface area contributed by atoms with Gasteiger partial charge in [0.25, 0.3) is 6.43 Å². The molecule has 2 aromatic heterocycles. The Morgan fingerprint density at radius 3 is 2.42 bits per heavy atom. The van der Waals surface area contributed by atoms with Crippen molar-refractivity contribution < 1.29 is 36.3 Å². The Bertz CT molecular complexity index is 1560. The Morgan fingerprint density at radius 1 is 1.16 bits per heavy atom. The third-order valence-corrected chi connectivity index (χ3v) is 7.96. The quantitative estimate of drug-likeness (QED) is 0.156. The first-order chi connectivity index (χ1) is 21.3. The first-order valence-corrected chi connectivity index (χ1v) is 14.8. The number of hydrogen-bond donors (Lipinski definition) is 3. The average Bonchev–Trinajstić information content (AvgIpc) is 3.72. The first kappa shape index (κ1) is 33.6. The van der Waals surface area contributed by atoms with Crippen LogP contribution in [-0.4, -0.2) is 39.7 Å². The van der Waals surface area contributed by atoms with Crippen molar-refractivity contribution in [1.82, 2.24) is 20.3 Å². The van der Waals surface area contributed by atoms with Gasteiger partial charge in [0, 0.05) is 6.54 Å². The summed E-state index contributed by atoms with van der Waals surface area (Å²) in [5.74, 6) is -0.474. The lowest BCUT2D eigenvalue weighted by Crippen LogP contribution is -2.30. The molecule has 9 nitrogen and oxygen atoms in total. The number of rotatable bonds is 10. The number of carbonyl (C=O) groups excluding carboxylic acids is 2. The molecule has 0 unspecified atom stereocenters. The minimum absolute atomic E-state index is 0.0834. The summed E-state index contributed by atoms with van der Waals surface area (Å²) in [7, 11) is 0. The zero-order chi connectivity index (χ0) is 32.8. The highest BCUT2D eigenvalue weighted by Gasteiger charge is 2.50. The number of hydrogen-bond acceptors (Lipinski definition) is 7. The number of fused-ring (bicyclic) bond motifs is 1. The molecule has 0 saturated heterocycles. The minimum atomic E-state index is -4.73. The largest absolute Gasteiger partial charge is 0.471 e. The van der Waals surface area contributed by atoms with Crippen molar-refractivity contribution in [2.45, 2.75) is 84.4 Å². The van der Waals surface area contributed by atoms with E-state index in [2.05, 4.69) is 32.5 Å². The molecule has 14 heteroatoms. The number of nitrogens with one attached hydrogen (secondary N) is 3. The van der Waals surface area contributed by atoms with Crippen LogP contribution in [-0.2, 0) is 17.5 Å². The van der Waals surface area contributed by atoms with Crippen LogP contribution in [0.1, 0.15) is 86.7 Å². The van der Waals surface area contributed by atoms with Gasteiger partial charge in [-0.15, -0.1) is 0 Å². The first-order valence-electron chi connectivity index (χ1n) is 14.8. The number of ketones is 1. The maximum atomic E-state index is 13.7. The predicted octanol–water partition coefficient (Wildman–Crippen LogP) is 7.46. The number of carbonyl (C=O) groups is 2. The number of Topliss-reactive ketones (excluding diaryl/α,β-unsaturated/α-hetero) is 1. The van der Waals surface area contributed by atoms with Crippen LogP contribution in [0.15, 0.2) is 24.3 Å². The lowest BCUT2D eigenvalue weighted by Gasteiger charge is -2.18. The van der Waals surface area contributed by atoms with Crippen LogP contribution in [0, 0.1) is 22.7 Å². The lowest BCUT2D eigenvalue weighted by molar-refractivity contribution is -0.137. The molecule has 2 aliphatic carbocycles. The zero-order valence-electron chi connectivity index (χ0n) is 25.0. The number of amides is 1. The number of ether oxygens (including phenoxy) is 1. The number of aromatic nitrogens is 3. The van der Waals surface area contributed by atoms with Crippen LogP contribution in [0.25, 0.3) is 11.2 Å². The van der Waals surface area contributed by atoms with Crippen molar-refractivity contribution in [1.29, 1.82) is 5.26 Å². The molecule has 1 amide bonds. The van der Waals surface area contributed by atoms with Crippen molar-refractivity contribution in [3.05, 3.63) is 41.0 Å². The van der Waals surface area contributed by atoms with Crippen molar-refractivity contribution in [2.75, 3.05) is 11.9 Å². The number of H-pyrrole nitrogens is 1. The third-order valence-electron chi connectivity index (χ3n) is 7.96. The number of benzene rings is 1. The van der Waals surface area contributed by atoms with E-state index in [1.54, 1.807) is 0 Å². The highest BCUT2D eigenvalue weighted by Crippen LogP contribution is 2.45. The summed E-state index contributed by atoms with van der Waals surface area (Å²) in [6.07, 6.45) is 2.23. The van der Waals surface area contributed by atoms with E-state index in [0.717, 1.165) is 12.0 Å². The molecule has 2 heterocycles. The molecule has 1 aromatic carbocycles. The fourth-order valence-electron chi connectivity index (χ4n) is 5.13. The highest BCUT2D eigenvalue weighted by molar-refractivity contribution is 5.99.